The highest BCUT2D eigenvalue weighted by Crippen LogP contribution is 2.34. The van der Waals surface area contributed by atoms with Crippen LogP contribution in [0.5, 0.6) is 0 Å². The minimum absolute atomic E-state index is 0.0590. The van der Waals surface area contributed by atoms with E-state index >= 15 is 0 Å². The normalized spacial score (nSPS) is 31.5. The van der Waals surface area contributed by atoms with Gasteiger partial charge in [-0.15, -0.1) is 11.6 Å². The van der Waals surface area contributed by atoms with Crippen LogP contribution in [-0.4, -0.2) is 41.5 Å². The first kappa shape index (κ1) is 13.2. The fraction of sp³-hybridized carbons (Fsp3) is 0.923. The van der Waals surface area contributed by atoms with Crippen molar-refractivity contribution in [2.75, 3.05) is 19.7 Å². The van der Waals surface area contributed by atoms with Crippen LogP contribution >= 0.6 is 11.6 Å². The Labute approximate surface area is 108 Å². The molecule has 0 radical (unpaired) electrons. The third kappa shape index (κ3) is 2.94. The lowest BCUT2D eigenvalue weighted by atomic mass is 9.85. The highest BCUT2D eigenvalue weighted by molar-refractivity contribution is 6.30. The van der Waals surface area contributed by atoms with Crippen LogP contribution in [0.4, 0.5) is 0 Å². The molecule has 4 heteroatoms. The largest absolute Gasteiger partial charge is 0.373 e. The average molecular weight is 260 g/mol. The molecule has 0 aliphatic carbocycles. The van der Waals surface area contributed by atoms with Crippen molar-refractivity contribution in [3.05, 3.63) is 0 Å². The van der Waals surface area contributed by atoms with Crippen LogP contribution in [0.2, 0.25) is 0 Å². The number of hydrogen-bond acceptors (Lipinski definition) is 2. The van der Waals surface area contributed by atoms with Crippen LogP contribution in [0, 0.1) is 0 Å². The van der Waals surface area contributed by atoms with E-state index in [1.807, 2.05) is 11.8 Å². The molecular weight excluding hydrogens is 238 g/mol. The van der Waals surface area contributed by atoms with Crippen LogP contribution < -0.4 is 0 Å². The molecule has 2 unspecified atom stereocenters. The summed E-state index contributed by atoms with van der Waals surface area (Å²) in [5.74, 6) is 0.0856. The van der Waals surface area contributed by atoms with Crippen molar-refractivity contribution in [2.24, 2.45) is 0 Å². The predicted molar refractivity (Wildman–Crippen MR) is 68.3 cm³/mol. The van der Waals surface area contributed by atoms with E-state index in [1.54, 1.807) is 0 Å². The Balaban J connectivity index is 1.98. The molecule has 2 atom stereocenters. The molecule has 0 aromatic carbocycles. The van der Waals surface area contributed by atoms with Gasteiger partial charge in [0.25, 0.3) is 0 Å². The summed E-state index contributed by atoms with van der Waals surface area (Å²) in [6.45, 7) is 4.38. The van der Waals surface area contributed by atoms with Gasteiger partial charge in [0, 0.05) is 19.7 Å². The van der Waals surface area contributed by atoms with Crippen molar-refractivity contribution >= 4 is 17.5 Å². The van der Waals surface area contributed by atoms with Gasteiger partial charge >= 0.3 is 0 Å². The quantitative estimate of drug-likeness (QED) is 0.714. The molecule has 2 aliphatic heterocycles. The standard InChI is InChI=1S/C13H22ClNO2/c1-2-11(14)12(16)15-8-5-7-13(10-15)6-3-4-9-17-13/h11H,2-10H2,1H3. The van der Waals surface area contributed by atoms with Gasteiger partial charge in [0.15, 0.2) is 0 Å². The van der Waals surface area contributed by atoms with E-state index in [1.165, 1.54) is 6.42 Å². The SMILES string of the molecule is CCC(Cl)C(=O)N1CCCC2(CCCCO2)C1. The zero-order valence-corrected chi connectivity index (χ0v) is 11.3. The van der Waals surface area contributed by atoms with Gasteiger partial charge in [-0.05, 0) is 38.5 Å². The van der Waals surface area contributed by atoms with E-state index < -0.39 is 0 Å². The van der Waals surface area contributed by atoms with Crippen molar-refractivity contribution < 1.29 is 9.53 Å². The second-order valence-electron chi connectivity index (χ2n) is 5.23. The van der Waals surface area contributed by atoms with Crippen molar-refractivity contribution in [3.8, 4) is 0 Å². The molecule has 2 heterocycles. The lowest BCUT2D eigenvalue weighted by molar-refractivity contribution is -0.148. The van der Waals surface area contributed by atoms with Gasteiger partial charge in [-0.2, -0.15) is 0 Å². The van der Waals surface area contributed by atoms with Gasteiger partial charge in [-0.25, -0.2) is 0 Å². The van der Waals surface area contributed by atoms with Crippen LogP contribution in [0.25, 0.3) is 0 Å². The minimum atomic E-state index is -0.367. The second kappa shape index (κ2) is 5.57. The summed E-state index contributed by atoms with van der Waals surface area (Å²) in [6, 6.07) is 0. The van der Waals surface area contributed by atoms with E-state index in [-0.39, 0.29) is 16.9 Å². The van der Waals surface area contributed by atoms with Crippen LogP contribution in [0.15, 0.2) is 0 Å². The molecule has 3 nitrogen and oxygen atoms in total. The lowest BCUT2D eigenvalue weighted by Gasteiger charge is -2.45. The number of carbonyl (C=O) groups is 1. The summed E-state index contributed by atoms with van der Waals surface area (Å²) in [7, 11) is 0. The third-order valence-corrected chi connectivity index (χ3v) is 4.41. The fourth-order valence-electron chi connectivity index (χ4n) is 2.89. The van der Waals surface area contributed by atoms with E-state index in [0.717, 1.165) is 45.4 Å². The van der Waals surface area contributed by atoms with Gasteiger partial charge in [0.05, 0.1) is 5.60 Å². The molecule has 0 aromatic heterocycles. The highest BCUT2D eigenvalue weighted by Gasteiger charge is 2.39. The van der Waals surface area contributed by atoms with Crippen molar-refractivity contribution in [2.45, 2.75) is 56.4 Å². The summed E-state index contributed by atoms with van der Waals surface area (Å²) < 4.78 is 5.96. The summed E-state index contributed by atoms with van der Waals surface area (Å²) in [5.41, 5.74) is -0.0590. The smallest absolute Gasteiger partial charge is 0.240 e. The van der Waals surface area contributed by atoms with E-state index in [9.17, 15) is 4.79 Å². The molecule has 1 spiro atoms. The Kier molecular flexibility index (Phi) is 4.31. The number of hydrogen-bond donors (Lipinski definition) is 0. The molecule has 2 fully saturated rings. The van der Waals surface area contributed by atoms with Crippen LogP contribution in [0.1, 0.15) is 45.4 Å². The van der Waals surface area contributed by atoms with Gasteiger partial charge in [-0.3, -0.25) is 4.79 Å². The Morgan fingerprint density at radius 1 is 1.41 bits per heavy atom. The highest BCUT2D eigenvalue weighted by atomic mass is 35.5. The van der Waals surface area contributed by atoms with E-state index in [0.29, 0.717) is 6.42 Å². The maximum Gasteiger partial charge on any atom is 0.240 e. The number of piperidine rings is 1. The Bertz CT molecular complexity index is 271. The summed E-state index contributed by atoms with van der Waals surface area (Å²) in [4.78, 5) is 14.0. The van der Waals surface area contributed by atoms with Gasteiger partial charge in [-0.1, -0.05) is 6.92 Å². The second-order valence-corrected chi connectivity index (χ2v) is 5.75. The molecule has 17 heavy (non-hydrogen) atoms. The van der Waals surface area contributed by atoms with Crippen molar-refractivity contribution in [1.29, 1.82) is 0 Å². The maximum atomic E-state index is 12.1. The number of rotatable bonds is 2. The lowest BCUT2D eigenvalue weighted by Crippen LogP contribution is -2.54. The van der Waals surface area contributed by atoms with Gasteiger partial charge in [0.1, 0.15) is 5.38 Å². The van der Waals surface area contributed by atoms with E-state index in [2.05, 4.69) is 0 Å². The first-order chi connectivity index (χ1) is 8.17. The topological polar surface area (TPSA) is 29.5 Å². The molecule has 0 aromatic rings. The molecule has 2 saturated heterocycles. The molecule has 98 valence electrons. The fourth-order valence-corrected chi connectivity index (χ4v) is 3.03. The van der Waals surface area contributed by atoms with Gasteiger partial charge < -0.3 is 9.64 Å². The number of alkyl halides is 1. The number of nitrogens with zero attached hydrogens (tertiary/aromatic N) is 1. The Morgan fingerprint density at radius 3 is 2.82 bits per heavy atom. The number of likely N-dealkylation sites (tertiary alicyclic amines) is 1. The zero-order valence-electron chi connectivity index (χ0n) is 10.6. The molecule has 0 bridgehead atoms. The summed E-state index contributed by atoms with van der Waals surface area (Å²) in [5, 5.41) is -0.367. The molecule has 0 N–H and O–H groups in total. The van der Waals surface area contributed by atoms with Crippen molar-refractivity contribution in [1.82, 2.24) is 4.90 Å². The average Bonchev–Trinajstić information content (AvgIpc) is 2.38. The number of amides is 1. The molecule has 2 aliphatic rings. The minimum Gasteiger partial charge on any atom is -0.373 e. The number of ether oxygens (including phenoxy) is 1. The Morgan fingerprint density at radius 2 is 2.18 bits per heavy atom. The van der Waals surface area contributed by atoms with E-state index in [4.69, 9.17) is 16.3 Å². The van der Waals surface area contributed by atoms with Crippen molar-refractivity contribution in [3.63, 3.8) is 0 Å². The molecular formula is C13H22ClNO2. The third-order valence-electron chi connectivity index (χ3n) is 3.91. The zero-order chi connectivity index (χ0) is 12.3. The Hall–Kier alpha value is -0.280. The predicted octanol–water partition coefficient (Wildman–Crippen LogP) is 2.57. The molecule has 0 saturated carbocycles. The monoisotopic (exact) mass is 259 g/mol. The first-order valence-corrected chi connectivity index (χ1v) is 7.17. The summed E-state index contributed by atoms with van der Waals surface area (Å²) >= 11 is 6.04. The first-order valence-electron chi connectivity index (χ1n) is 6.74. The molecule has 2 rings (SSSR count). The van der Waals surface area contributed by atoms with Gasteiger partial charge in [0.2, 0.25) is 5.91 Å². The van der Waals surface area contributed by atoms with Crippen LogP contribution in [0.3, 0.4) is 0 Å². The maximum absolute atomic E-state index is 12.1. The number of carbonyl (C=O) groups excluding carboxylic acids is 1. The molecule has 1 amide bonds. The number of halogens is 1. The summed E-state index contributed by atoms with van der Waals surface area (Å²) in [6.07, 6.45) is 6.30. The van der Waals surface area contributed by atoms with Crippen LogP contribution in [-0.2, 0) is 9.53 Å².